The summed E-state index contributed by atoms with van der Waals surface area (Å²) in [5, 5.41) is 0. The number of ether oxygens (including phenoxy) is 6. The van der Waals surface area contributed by atoms with E-state index in [2.05, 4.69) is 32.0 Å². The van der Waals surface area contributed by atoms with Crippen LogP contribution in [0.4, 0.5) is 35.9 Å². The number of hydrogen-bond donors (Lipinski definition) is 0. The standard InChI is InChI=1S/C29H34F3N3O5.C19H16BrF3N2O3.C16H28BNO4/c1-28(2,3)40-27(37)34-11-6-7-19(17-34)18-9-12-35-21(16-33-25(35)15-18)20-13-23(38-4)26(24(14-20)39-5)22(36)8-10-29(30,31)32;1-27-15-7-11(13-10-24-17-9-12(20)4-6-25(13)17)8-16(28-2)18(15)14(26)3-5-19(21,22)23;1-14(2,3)20-13(19)18-10-8-9-12(11-18)17-21-15(4,5)16(6,7)22-17/h9,12-16,19H,6-8,10-11,17H2,1-5H3;4,6-10H,3,5H2,1-2H3;9H,8,10-11H2,1-7H3. The molecule has 1 unspecified atom stereocenters. The molecule has 3 aliphatic heterocycles. The molecule has 488 valence electrons. The Hall–Kier alpha value is -7.32. The number of carbonyl (C=O) groups is 4. The molecule has 0 saturated carbocycles. The van der Waals surface area contributed by atoms with Crippen molar-refractivity contribution in [3.05, 3.63) is 106 Å². The maximum absolute atomic E-state index is 12.7. The van der Waals surface area contributed by atoms with Gasteiger partial charge in [-0.05, 0) is 148 Å². The minimum absolute atomic E-state index is 0.00503. The van der Waals surface area contributed by atoms with Crippen molar-refractivity contribution in [3.63, 3.8) is 0 Å². The van der Waals surface area contributed by atoms with Gasteiger partial charge in [0.15, 0.2) is 11.6 Å². The number of likely N-dealkylation sites (tertiary alicyclic amines) is 1. The van der Waals surface area contributed by atoms with E-state index in [1.807, 2.05) is 115 Å². The molecule has 4 aromatic heterocycles. The lowest BCUT2D eigenvalue weighted by molar-refractivity contribution is -0.134. The van der Waals surface area contributed by atoms with Gasteiger partial charge in [-0.25, -0.2) is 19.6 Å². The zero-order chi connectivity index (χ0) is 66.5. The van der Waals surface area contributed by atoms with Gasteiger partial charge in [0.25, 0.3) is 0 Å². The van der Waals surface area contributed by atoms with E-state index in [0.717, 1.165) is 34.8 Å². The van der Waals surface area contributed by atoms with Crippen LogP contribution in [0.3, 0.4) is 0 Å². The monoisotopic (exact) mass is 1330 g/mol. The summed E-state index contributed by atoms with van der Waals surface area (Å²) in [6.45, 7) is 21.6. The van der Waals surface area contributed by atoms with E-state index in [4.69, 9.17) is 37.7 Å². The summed E-state index contributed by atoms with van der Waals surface area (Å²) in [5.74, 6) is -0.737. The molecular formula is C64H78BBrF6N6O12. The smallest absolute Gasteiger partial charge is 0.492 e. The normalized spacial score (nSPS) is 16.7. The van der Waals surface area contributed by atoms with Gasteiger partial charge in [0, 0.05) is 72.9 Å². The number of piperidine rings is 1. The van der Waals surface area contributed by atoms with Crippen LogP contribution in [0.25, 0.3) is 33.8 Å². The van der Waals surface area contributed by atoms with E-state index in [9.17, 15) is 45.5 Å². The predicted molar refractivity (Wildman–Crippen MR) is 331 cm³/mol. The van der Waals surface area contributed by atoms with Gasteiger partial charge in [0.05, 0.1) is 76.3 Å². The number of rotatable bonds is 14. The molecule has 0 spiro atoms. The van der Waals surface area contributed by atoms with Gasteiger partial charge in [-0.3, -0.25) is 18.4 Å². The summed E-state index contributed by atoms with van der Waals surface area (Å²) in [6, 6.07) is 14.0. The number of ketones is 2. The molecule has 2 fully saturated rings. The first-order valence-electron chi connectivity index (χ1n) is 29.3. The lowest BCUT2D eigenvalue weighted by Gasteiger charge is -2.34. The minimum Gasteiger partial charge on any atom is -0.496 e. The zero-order valence-corrected chi connectivity index (χ0v) is 54.8. The molecule has 0 radical (unpaired) electrons. The molecule has 2 saturated heterocycles. The fourth-order valence-corrected chi connectivity index (χ4v) is 10.5. The van der Waals surface area contributed by atoms with Crippen molar-refractivity contribution in [2.45, 2.75) is 155 Å². The lowest BCUT2D eigenvalue weighted by atomic mass is 9.76. The first kappa shape index (κ1) is 70.1. The molecule has 7 heterocycles. The number of methoxy groups -OCH3 is 4. The molecule has 3 aliphatic rings. The molecule has 0 N–H and O–H groups in total. The first-order chi connectivity index (χ1) is 41.9. The Morgan fingerprint density at radius 2 is 1.07 bits per heavy atom. The lowest BCUT2D eigenvalue weighted by Crippen LogP contribution is -2.42. The highest BCUT2D eigenvalue weighted by molar-refractivity contribution is 9.10. The second kappa shape index (κ2) is 28.1. The topological polar surface area (TPSA) is 183 Å². The Morgan fingerprint density at radius 1 is 0.633 bits per heavy atom. The van der Waals surface area contributed by atoms with E-state index in [0.29, 0.717) is 60.0 Å². The average molecular weight is 1330 g/mol. The second-order valence-electron chi connectivity index (χ2n) is 25.0. The van der Waals surface area contributed by atoms with Crippen molar-refractivity contribution in [1.82, 2.24) is 28.6 Å². The summed E-state index contributed by atoms with van der Waals surface area (Å²) in [4.78, 5) is 62.3. The summed E-state index contributed by atoms with van der Waals surface area (Å²) < 4.78 is 125. The number of pyridine rings is 2. The summed E-state index contributed by atoms with van der Waals surface area (Å²) in [5.41, 5.74) is 4.30. The van der Waals surface area contributed by atoms with E-state index in [-0.39, 0.29) is 63.4 Å². The van der Waals surface area contributed by atoms with Gasteiger partial charge in [-0.15, -0.1) is 0 Å². The van der Waals surface area contributed by atoms with Crippen molar-refractivity contribution in [2.75, 3.05) is 54.6 Å². The maximum atomic E-state index is 12.7. The SMILES string of the molecule is CC(C)(C)OC(=O)N1CCC=C(B2OC(C)(C)C(C)(C)O2)C1.COc1cc(-c2cnc3cc(Br)ccn23)cc(OC)c1C(=O)CCC(F)(F)F.COc1cc(-c2cnc3cc(C4CCCN(C(=O)OC(C)(C)C)C4)ccn23)cc(OC)c1C(=O)CCC(F)(F)F. The van der Waals surface area contributed by atoms with Gasteiger partial charge >= 0.3 is 31.7 Å². The molecule has 9 rings (SSSR count). The molecule has 2 aromatic carbocycles. The quantitative estimate of drug-likeness (QED) is 0.0570. The molecule has 0 bridgehead atoms. The fraction of sp³-hybridized carbons (Fsp3) is 0.500. The molecule has 18 nitrogen and oxygen atoms in total. The summed E-state index contributed by atoms with van der Waals surface area (Å²) in [7, 11) is 5.01. The molecule has 0 aliphatic carbocycles. The highest BCUT2D eigenvalue weighted by Gasteiger charge is 2.53. The van der Waals surface area contributed by atoms with Crippen LogP contribution in [0.5, 0.6) is 23.0 Å². The third-order valence-corrected chi connectivity index (χ3v) is 15.9. The molecular weight excluding hydrogens is 1250 g/mol. The molecule has 90 heavy (non-hydrogen) atoms. The number of fused-ring (bicyclic) bond motifs is 2. The van der Waals surface area contributed by atoms with Crippen LogP contribution in [0.2, 0.25) is 0 Å². The first-order valence-corrected chi connectivity index (χ1v) is 30.1. The highest BCUT2D eigenvalue weighted by atomic mass is 79.9. The maximum Gasteiger partial charge on any atom is 0.492 e. The number of imidazole rings is 2. The van der Waals surface area contributed by atoms with E-state index in [1.165, 1.54) is 28.4 Å². The molecule has 2 amide bonds. The number of halogens is 7. The summed E-state index contributed by atoms with van der Waals surface area (Å²) in [6.07, 6.45) is -1.55. The Bertz CT molecular complexity index is 3540. The number of aromatic nitrogens is 4. The van der Waals surface area contributed by atoms with Crippen LogP contribution < -0.4 is 18.9 Å². The fourth-order valence-electron chi connectivity index (χ4n) is 10.2. The number of hydrogen-bond acceptors (Lipinski definition) is 14. The van der Waals surface area contributed by atoms with Gasteiger partial charge in [0.2, 0.25) is 0 Å². The van der Waals surface area contributed by atoms with E-state index < -0.39 is 67.9 Å². The Kier molecular flexibility index (Phi) is 21.9. The Balaban J connectivity index is 0.000000202. The van der Waals surface area contributed by atoms with Gasteiger partial charge in [-0.2, -0.15) is 26.3 Å². The van der Waals surface area contributed by atoms with Crippen LogP contribution in [-0.4, -0.2) is 149 Å². The highest BCUT2D eigenvalue weighted by Crippen LogP contribution is 2.42. The summed E-state index contributed by atoms with van der Waals surface area (Å²) >= 11 is 3.39. The van der Waals surface area contributed by atoms with E-state index in [1.54, 1.807) is 46.5 Å². The van der Waals surface area contributed by atoms with Gasteiger partial charge in [-0.1, -0.05) is 22.0 Å². The minimum atomic E-state index is -4.45. The van der Waals surface area contributed by atoms with Crippen molar-refractivity contribution in [1.29, 1.82) is 0 Å². The number of carbonyl (C=O) groups excluding carboxylic acids is 4. The van der Waals surface area contributed by atoms with Crippen LogP contribution in [0, 0.1) is 0 Å². The van der Waals surface area contributed by atoms with Crippen LogP contribution in [-0.2, 0) is 18.8 Å². The van der Waals surface area contributed by atoms with Crippen LogP contribution >= 0.6 is 15.9 Å². The van der Waals surface area contributed by atoms with Crippen LogP contribution in [0.15, 0.2) is 89.3 Å². The number of Topliss-reactive ketones (excluding diaryl/α,β-unsaturated/α-hetero) is 2. The third kappa shape index (κ3) is 17.8. The van der Waals surface area contributed by atoms with E-state index >= 15 is 0 Å². The number of amides is 2. The van der Waals surface area contributed by atoms with Crippen molar-refractivity contribution < 1.29 is 83.3 Å². The van der Waals surface area contributed by atoms with Crippen molar-refractivity contribution in [3.8, 4) is 45.5 Å². The number of benzene rings is 2. The molecule has 26 heteroatoms. The number of alkyl halides is 6. The van der Waals surface area contributed by atoms with Crippen LogP contribution in [0.1, 0.15) is 146 Å². The predicted octanol–water partition coefficient (Wildman–Crippen LogP) is 15.1. The Morgan fingerprint density at radius 3 is 1.50 bits per heavy atom. The van der Waals surface area contributed by atoms with Gasteiger partial charge < -0.3 is 47.5 Å². The number of nitrogens with zero attached hydrogens (tertiary/aromatic N) is 6. The molecule has 1 atom stereocenters. The van der Waals surface area contributed by atoms with Crippen molar-refractivity contribution >= 4 is 58.1 Å². The average Bonchev–Trinajstić information content (AvgIpc) is 1.57. The van der Waals surface area contributed by atoms with Crippen molar-refractivity contribution in [2.24, 2.45) is 0 Å². The van der Waals surface area contributed by atoms with Gasteiger partial charge in [0.1, 0.15) is 56.6 Å². The zero-order valence-electron chi connectivity index (χ0n) is 53.2. The molecule has 6 aromatic rings. The third-order valence-electron chi connectivity index (χ3n) is 15.4. The largest absolute Gasteiger partial charge is 0.496 e. The Labute approximate surface area is 528 Å². The second-order valence-corrected chi connectivity index (χ2v) is 25.9.